The van der Waals surface area contributed by atoms with Crippen LogP contribution in [-0.2, 0) is 0 Å². The molecular weight excluding hydrogens is 210 g/mol. The molecule has 1 aromatic heterocycles. The molecule has 0 atom stereocenters. The zero-order valence-corrected chi connectivity index (χ0v) is 8.08. The van der Waals surface area contributed by atoms with Crippen LogP contribution in [-0.4, -0.2) is 14.9 Å². The molecule has 0 aliphatic rings. The third-order valence-electron chi connectivity index (χ3n) is 2.02. The van der Waals surface area contributed by atoms with Gasteiger partial charge in [-0.2, -0.15) is 0 Å². The lowest BCUT2D eigenvalue weighted by molar-refractivity contribution is -0.386. The Morgan fingerprint density at radius 3 is 2.50 bits per heavy atom. The van der Waals surface area contributed by atoms with Crippen LogP contribution in [0.2, 0.25) is 0 Å². The Labute approximate surface area is 89.7 Å². The Hall–Kier alpha value is -2.50. The lowest BCUT2D eigenvalue weighted by Gasteiger charge is -1.98. The molecule has 1 aromatic carbocycles. The van der Waals surface area contributed by atoms with Gasteiger partial charge in [0, 0.05) is 5.56 Å². The second-order valence-electron chi connectivity index (χ2n) is 3.07. The quantitative estimate of drug-likeness (QED) is 0.607. The third kappa shape index (κ3) is 1.81. The summed E-state index contributed by atoms with van der Waals surface area (Å²) in [7, 11) is 0. The number of rotatable bonds is 2. The zero-order chi connectivity index (χ0) is 11.5. The monoisotopic (exact) mass is 217 g/mol. The Bertz CT molecular complexity index is 577. The van der Waals surface area contributed by atoms with Crippen molar-refractivity contribution in [2.45, 2.75) is 0 Å². The highest BCUT2D eigenvalue weighted by molar-refractivity contribution is 5.54. The molecule has 1 heterocycles. The van der Waals surface area contributed by atoms with Crippen LogP contribution in [0.4, 0.5) is 5.69 Å². The van der Waals surface area contributed by atoms with Crippen LogP contribution >= 0.6 is 0 Å². The van der Waals surface area contributed by atoms with E-state index < -0.39 is 16.2 Å². The summed E-state index contributed by atoms with van der Waals surface area (Å²) in [6.45, 7) is 0. The molecule has 0 aliphatic carbocycles. The average molecular weight is 217 g/mol. The van der Waals surface area contributed by atoms with Crippen LogP contribution in [0.15, 0.2) is 41.3 Å². The van der Waals surface area contributed by atoms with Crippen molar-refractivity contribution < 1.29 is 4.92 Å². The van der Waals surface area contributed by atoms with Crippen molar-refractivity contribution in [1.82, 2.24) is 9.97 Å². The molecule has 6 nitrogen and oxygen atoms in total. The first-order valence-corrected chi connectivity index (χ1v) is 4.47. The van der Waals surface area contributed by atoms with E-state index in [1.54, 1.807) is 24.3 Å². The summed E-state index contributed by atoms with van der Waals surface area (Å²) in [6.07, 6.45) is 0.959. The molecule has 2 aromatic rings. The fourth-order valence-electron chi connectivity index (χ4n) is 1.26. The first-order valence-electron chi connectivity index (χ1n) is 4.47. The van der Waals surface area contributed by atoms with Gasteiger partial charge in [-0.3, -0.25) is 14.9 Å². The van der Waals surface area contributed by atoms with Crippen molar-refractivity contribution in [2.24, 2.45) is 0 Å². The van der Waals surface area contributed by atoms with Crippen LogP contribution < -0.4 is 5.56 Å². The minimum atomic E-state index is -0.763. The maximum atomic E-state index is 11.3. The van der Waals surface area contributed by atoms with Gasteiger partial charge in [-0.25, -0.2) is 4.98 Å². The summed E-state index contributed by atoms with van der Waals surface area (Å²) < 4.78 is 0. The number of hydrogen-bond donors (Lipinski definition) is 1. The van der Waals surface area contributed by atoms with E-state index in [1.165, 1.54) is 0 Å². The minimum absolute atomic E-state index is 0.316. The number of hydrogen-bond acceptors (Lipinski definition) is 4. The number of H-pyrrole nitrogens is 1. The van der Waals surface area contributed by atoms with Crippen molar-refractivity contribution in [1.29, 1.82) is 0 Å². The molecular formula is C10H7N3O3. The van der Waals surface area contributed by atoms with Crippen molar-refractivity contribution in [3.05, 3.63) is 57.0 Å². The van der Waals surface area contributed by atoms with Crippen molar-refractivity contribution >= 4 is 5.69 Å². The molecule has 0 unspecified atom stereocenters. The molecule has 0 amide bonds. The number of nitrogens with one attached hydrogen (secondary N) is 1. The van der Waals surface area contributed by atoms with E-state index >= 15 is 0 Å². The zero-order valence-electron chi connectivity index (χ0n) is 8.08. The molecule has 0 saturated carbocycles. The highest BCUT2D eigenvalue weighted by Crippen LogP contribution is 2.12. The lowest BCUT2D eigenvalue weighted by Crippen LogP contribution is -2.13. The van der Waals surface area contributed by atoms with Gasteiger partial charge in [-0.05, 0) is 0 Å². The Balaban J connectivity index is 2.51. The number of aromatic amines is 1. The fourth-order valence-corrected chi connectivity index (χ4v) is 1.26. The highest BCUT2D eigenvalue weighted by atomic mass is 16.6. The fraction of sp³-hybridized carbons (Fsp3) is 0. The van der Waals surface area contributed by atoms with Crippen LogP contribution in [0.25, 0.3) is 11.4 Å². The summed E-state index contributed by atoms with van der Waals surface area (Å²) in [5.41, 5.74) is -0.604. The first kappa shape index (κ1) is 10.0. The van der Waals surface area contributed by atoms with E-state index in [4.69, 9.17) is 0 Å². The second kappa shape index (κ2) is 3.93. The molecule has 0 spiro atoms. The molecule has 2 rings (SSSR count). The maximum Gasteiger partial charge on any atom is 0.351 e. The molecule has 0 bridgehead atoms. The maximum absolute atomic E-state index is 11.3. The molecule has 16 heavy (non-hydrogen) atoms. The summed E-state index contributed by atoms with van der Waals surface area (Å²) in [5.74, 6) is 0.316. The molecule has 0 saturated heterocycles. The predicted octanol–water partition coefficient (Wildman–Crippen LogP) is 1.35. The van der Waals surface area contributed by atoms with Gasteiger partial charge in [0.05, 0.1) is 4.92 Å². The first-order chi connectivity index (χ1) is 7.68. The molecule has 0 aliphatic heterocycles. The largest absolute Gasteiger partial charge is 0.351 e. The lowest BCUT2D eigenvalue weighted by atomic mass is 10.2. The number of benzene rings is 1. The van der Waals surface area contributed by atoms with Crippen molar-refractivity contribution in [3.63, 3.8) is 0 Å². The number of nitro groups is 1. The van der Waals surface area contributed by atoms with Crippen LogP contribution in [0.1, 0.15) is 0 Å². The van der Waals surface area contributed by atoms with Crippen LogP contribution in [0, 0.1) is 10.1 Å². The molecule has 80 valence electrons. The van der Waals surface area contributed by atoms with Gasteiger partial charge in [0.1, 0.15) is 12.0 Å². The van der Waals surface area contributed by atoms with Crippen LogP contribution in [0.5, 0.6) is 0 Å². The van der Waals surface area contributed by atoms with Crippen molar-refractivity contribution in [3.8, 4) is 11.4 Å². The van der Waals surface area contributed by atoms with Gasteiger partial charge in [0.25, 0.3) is 0 Å². The van der Waals surface area contributed by atoms with Gasteiger partial charge in [0.2, 0.25) is 0 Å². The van der Waals surface area contributed by atoms with Gasteiger partial charge >= 0.3 is 11.2 Å². The van der Waals surface area contributed by atoms with E-state index in [-0.39, 0.29) is 0 Å². The molecule has 6 heteroatoms. The SMILES string of the molecule is O=c1[nH]c(-c2ccccc2)ncc1[N+](=O)[O-]. The van der Waals surface area contributed by atoms with E-state index in [0.717, 1.165) is 6.20 Å². The Morgan fingerprint density at radius 2 is 1.94 bits per heavy atom. The summed E-state index contributed by atoms with van der Waals surface area (Å²) in [5, 5.41) is 10.4. The minimum Gasteiger partial charge on any atom is -0.301 e. The highest BCUT2D eigenvalue weighted by Gasteiger charge is 2.13. The summed E-state index contributed by atoms with van der Waals surface area (Å²) in [6, 6.07) is 8.91. The standard InChI is InChI=1S/C10H7N3O3/c14-10-8(13(15)16)6-11-9(12-10)7-4-2-1-3-5-7/h1-6H,(H,11,12,14). The Kier molecular flexibility index (Phi) is 2.47. The van der Waals surface area contributed by atoms with Gasteiger partial charge in [-0.15, -0.1) is 0 Å². The predicted molar refractivity (Wildman–Crippen MR) is 56.9 cm³/mol. The molecule has 1 N–H and O–H groups in total. The number of aromatic nitrogens is 2. The van der Waals surface area contributed by atoms with Crippen molar-refractivity contribution in [2.75, 3.05) is 0 Å². The van der Waals surface area contributed by atoms with E-state index in [1.807, 2.05) is 6.07 Å². The normalized spacial score (nSPS) is 10.0. The third-order valence-corrected chi connectivity index (χ3v) is 2.02. The Morgan fingerprint density at radius 1 is 1.25 bits per heavy atom. The van der Waals surface area contributed by atoms with Crippen LogP contribution in [0.3, 0.4) is 0 Å². The molecule has 0 radical (unpaired) electrons. The number of nitrogens with zero attached hydrogens (tertiary/aromatic N) is 2. The van der Waals surface area contributed by atoms with Gasteiger partial charge < -0.3 is 4.98 Å². The average Bonchev–Trinajstić information content (AvgIpc) is 2.29. The summed E-state index contributed by atoms with van der Waals surface area (Å²) >= 11 is 0. The van der Waals surface area contributed by atoms with E-state index in [9.17, 15) is 14.9 Å². The second-order valence-corrected chi connectivity index (χ2v) is 3.07. The molecule has 0 fully saturated rings. The summed E-state index contributed by atoms with van der Waals surface area (Å²) in [4.78, 5) is 27.2. The van der Waals surface area contributed by atoms with Gasteiger partial charge in [0.15, 0.2) is 0 Å². The van der Waals surface area contributed by atoms with Gasteiger partial charge in [-0.1, -0.05) is 30.3 Å². The topological polar surface area (TPSA) is 88.9 Å². The van der Waals surface area contributed by atoms with E-state index in [0.29, 0.717) is 11.4 Å². The van der Waals surface area contributed by atoms with E-state index in [2.05, 4.69) is 9.97 Å². The smallest absolute Gasteiger partial charge is 0.301 e.